The molecule has 78 valence electrons. The van der Waals surface area contributed by atoms with Gasteiger partial charge in [-0.15, -0.1) is 21.8 Å². The van der Waals surface area contributed by atoms with E-state index in [1.54, 1.807) is 12.1 Å². The first-order chi connectivity index (χ1) is 7.22. The van der Waals surface area contributed by atoms with Crippen molar-refractivity contribution in [2.24, 2.45) is 0 Å². The van der Waals surface area contributed by atoms with Gasteiger partial charge in [0.25, 0.3) is 0 Å². The summed E-state index contributed by atoms with van der Waals surface area (Å²) in [5.74, 6) is 0.0139. The lowest BCUT2D eigenvalue weighted by Gasteiger charge is -1.99. The Morgan fingerprint density at radius 1 is 1.40 bits per heavy atom. The second-order valence-electron chi connectivity index (χ2n) is 2.74. The lowest BCUT2D eigenvalue weighted by Crippen LogP contribution is -1.83. The number of alkyl halides is 1. The minimum atomic E-state index is -0.310. The number of halogens is 3. The van der Waals surface area contributed by atoms with E-state index < -0.39 is 0 Å². The first-order valence-electron chi connectivity index (χ1n) is 4.05. The van der Waals surface area contributed by atoms with Gasteiger partial charge in [0.15, 0.2) is 0 Å². The fraction of sp³-hybridized carbons (Fsp3) is 0.111. The molecular formula is C9H5BrClFN2S. The highest BCUT2D eigenvalue weighted by Gasteiger charge is 2.11. The molecule has 0 saturated carbocycles. The van der Waals surface area contributed by atoms with Gasteiger partial charge in [0, 0.05) is 5.56 Å². The zero-order valence-corrected chi connectivity index (χ0v) is 10.5. The molecular weight excluding hydrogens is 303 g/mol. The van der Waals surface area contributed by atoms with Crippen molar-refractivity contribution in [1.82, 2.24) is 10.2 Å². The van der Waals surface area contributed by atoms with Crippen LogP contribution in [-0.4, -0.2) is 10.2 Å². The van der Waals surface area contributed by atoms with Crippen LogP contribution >= 0.6 is 38.9 Å². The van der Waals surface area contributed by atoms with E-state index in [2.05, 4.69) is 26.1 Å². The Kier molecular flexibility index (Phi) is 3.33. The highest BCUT2D eigenvalue weighted by Crippen LogP contribution is 2.32. The largest absolute Gasteiger partial charge is 0.206 e. The standard InChI is InChI=1S/C9H5BrClFN2S/c10-8-5(2-1-3-6(8)12)9-14-13-7(4-11)15-9/h1-3H,4H2. The molecule has 15 heavy (non-hydrogen) atoms. The highest BCUT2D eigenvalue weighted by molar-refractivity contribution is 9.10. The van der Waals surface area contributed by atoms with E-state index in [4.69, 9.17) is 11.6 Å². The van der Waals surface area contributed by atoms with E-state index in [0.29, 0.717) is 20.9 Å². The van der Waals surface area contributed by atoms with Crippen LogP contribution in [0.15, 0.2) is 22.7 Å². The first-order valence-corrected chi connectivity index (χ1v) is 6.19. The average Bonchev–Trinajstić information content (AvgIpc) is 2.70. The van der Waals surface area contributed by atoms with Crippen molar-refractivity contribution in [2.75, 3.05) is 0 Å². The van der Waals surface area contributed by atoms with Gasteiger partial charge in [-0.25, -0.2) is 4.39 Å². The fourth-order valence-electron chi connectivity index (χ4n) is 1.09. The van der Waals surface area contributed by atoms with Crippen molar-refractivity contribution in [2.45, 2.75) is 5.88 Å². The molecule has 0 saturated heterocycles. The Hall–Kier alpha value is -0.520. The number of rotatable bonds is 2. The van der Waals surface area contributed by atoms with Crippen LogP contribution in [-0.2, 0) is 5.88 Å². The van der Waals surface area contributed by atoms with Crippen LogP contribution in [0.5, 0.6) is 0 Å². The fourth-order valence-corrected chi connectivity index (χ4v) is 2.61. The number of hydrogen-bond acceptors (Lipinski definition) is 3. The number of nitrogens with zero attached hydrogens (tertiary/aromatic N) is 2. The minimum Gasteiger partial charge on any atom is -0.206 e. The van der Waals surface area contributed by atoms with Crippen molar-refractivity contribution >= 4 is 38.9 Å². The molecule has 1 aromatic heterocycles. The van der Waals surface area contributed by atoms with E-state index in [-0.39, 0.29) is 5.82 Å². The van der Waals surface area contributed by atoms with Gasteiger partial charge >= 0.3 is 0 Å². The number of hydrogen-bond donors (Lipinski definition) is 0. The number of aromatic nitrogens is 2. The number of benzene rings is 1. The second kappa shape index (κ2) is 4.55. The van der Waals surface area contributed by atoms with E-state index in [9.17, 15) is 4.39 Å². The summed E-state index contributed by atoms with van der Waals surface area (Å²) in [5.41, 5.74) is 0.698. The molecule has 1 aromatic carbocycles. The van der Waals surface area contributed by atoms with Crippen molar-refractivity contribution < 1.29 is 4.39 Å². The van der Waals surface area contributed by atoms with Crippen LogP contribution in [0.4, 0.5) is 4.39 Å². The average molecular weight is 308 g/mol. The van der Waals surface area contributed by atoms with Gasteiger partial charge in [-0.3, -0.25) is 0 Å². The Labute approximate surface area is 103 Å². The zero-order chi connectivity index (χ0) is 10.8. The normalized spacial score (nSPS) is 10.6. The van der Waals surface area contributed by atoms with Crippen LogP contribution < -0.4 is 0 Å². The molecule has 0 spiro atoms. The molecule has 0 aliphatic heterocycles. The summed E-state index contributed by atoms with van der Waals surface area (Å²) in [5, 5.41) is 9.21. The molecule has 0 N–H and O–H groups in total. The predicted octanol–water partition coefficient (Wildman–Crippen LogP) is 3.85. The molecule has 2 rings (SSSR count). The molecule has 1 heterocycles. The van der Waals surface area contributed by atoms with Crippen LogP contribution in [0.1, 0.15) is 5.01 Å². The molecule has 0 bridgehead atoms. The molecule has 2 aromatic rings. The van der Waals surface area contributed by atoms with Crippen molar-refractivity contribution in [3.63, 3.8) is 0 Å². The van der Waals surface area contributed by atoms with Gasteiger partial charge < -0.3 is 0 Å². The Balaban J connectivity index is 2.49. The Bertz CT molecular complexity index is 489. The highest BCUT2D eigenvalue weighted by atomic mass is 79.9. The smallest absolute Gasteiger partial charge is 0.149 e. The van der Waals surface area contributed by atoms with Gasteiger partial charge in [0.2, 0.25) is 0 Å². The maximum Gasteiger partial charge on any atom is 0.149 e. The van der Waals surface area contributed by atoms with Gasteiger partial charge in [-0.05, 0) is 22.0 Å². The summed E-state index contributed by atoms with van der Waals surface area (Å²) in [6.07, 6.45) is 0. The van der Waals surface area contributed by atoms with Gasteiger partial charge in [-0.1, -0.05) is 23.5 Å². The van der Waals surface area contributed by atoms with Crippen molar-refractivity contribution in [3.05, 3.63) is 33.5 Å². The topological polar surface area (TPSA) is 25.8 Å². The zero-order valence-electron chi connectivity index (χ0n) is 7.38. The Morgan fingerprint density at radius 2 is 2.20 bits per heavy atom. The summed E-state index contributed by atoms with van der Waals surface area (Å²) >= 11 is 10.2. The predicted molar refractivity (Wildman–Crippen MR) is 62.6 cm³/mol. The molecule has 6 heteroatoms. The van der Waals surface area contributed by atoms with E-state index >= 15 is 0 Å². The van der Waals surface area contributed by atoms with E-state index in [1.807, 2.05) is 0 Å². The minimum absolute atomic E-state index is 0.310. The van der Waals surface area contributed by atoms with Crippen LogP contribution in [0, 0.1) is 5.82 Å². The molecule has 0 atom stereocenters. The molecule has 0 unspecified atom stereocenters. The Morgan fingerprint density at radius 3 is 2.87 bits per heavy atom. The summed E-state index contributed by atoms with van der Waals surface area (Å²) < 4.78 is 13.6. The van der Waals surface area contributed by atoms with Crippen molar-refractivity contribution in [3.8, 4) is 10.6 Å². The summed E-state index contributed by atoms with van der Waals surface area (Å²) in [4.78, 5) is 0. The lowest BCUT2D eigenvalue weighted by molar-refractivity contribution is 0.622. The monoisotopic (exact) mass is 306 g/mol. The SMILES string of the molecule is Fc1cccc(-c2nnc(CCl)s2)c1Br. The first kappa shape index (κ1) is 11.0. The molecule has 2 nitrogen and oxygen atoms in total. The molecule has 0 aliphatic carbocycles. The van der Waals surface area contributed by atoms with Gasteiger partial charge in [0.05, 0.1) is 10.4 Å². The van der Waals surface area contributed by atoms with Crippen molar-refractivity contribution in [1.29, 1.82) is 0 Å². The molecule has 0 radical (unpaired) electrons. The summed E-state index contributed by atoms with van der Waals surface area (Å²) in [6.45, 7) is 0. The molecule has 0 fully saturated rings. The second-order valence-corrected chi connectivity index (χ2v) is 4.86. The molecule has 0 amide bonds. The van der Waals surface area contributed by atoms with Gasteiger partial charge in [0.1, 0.15) is 15.8 Å². The third-order valence-corrected chi connectivity index (χ3v) is 3.94. The maximum absolute atomic E-state index is 13.2. The van der Waals surface area contributed by atoms with E-state index in [1.165, 1.54) is 17.4 Å². The van der Waals surface area contributed by atoms with Crippen LogP contribution in [0.25, 0.3) is 10.6 Å². The van der Waals surface area contributed by atoms with E-state index in [0.717, 1.165) is 5.01 Å². The summed E-state index contributed by atoms with van der Waals surface area (Å²) in [7, 11) is 0. The van der Waals surface area contributed by atoms with Crippen LogP contribution in [0.2, 0.25) is 0 Å². The summed E-state index contributed by atoms with van der Waals surface area (Å²) in [6, 6.07) is 4.81. The lowest BCUT2D eigenvalue weighted by atomic mass is 10.2. The third-order valence-electron chi connectivity index (χ3n) is 1.76. The van der Waals surface area contributed by atoms with Crippen LogP contribution in [0.3, 0.4) is 0 Å². The van der Waals surface area contributed by atoms with Gasteiger partial charge in [-0.2, -0.15) is 0 Å². The third kappa shape index (κ3) is 2.19. The maximum atomic E-state index is 13.2. The quantitative estimate of drug-likeness (QED) is 0.788. The molecule has 0 aliphatic rings.